The largest absolute Gasteiger partial charge is 0.504 e. The van der Waals surface area contributed by atoms with Crippen molar-refractivity contribution in [1.29, 1.82) is 0 Å². The first-order valence-corrected chi connectivity index (χ1v) is 9.09. The van der Waals surface area contributed by atoms with Crippen molar-refractivity contribution >= 4 is 58.0 Å². The number of thioether (sulfide) groups is 1. The molecule has 138 valence electrons. The molecule has 1 heterocycles. The lowest BCUT2D eigenvalue weighted by atomic mass is 10.1. The van der Waals surface area contributed by atoms with Gasteiger partial charge in [0.05, 0.1) is 16.5 Å². The molecule has 6 nitrogen and oxygen atoms in total. The quantitative estimate of drug-likeness (QED) is 0.431. The molecule has 27 heavy (non-hydrogen) atoms. The van der Waals surface area contributed by atoms with Gasteiger partial charge in [0.1, 0.15) is 0 Å². The molecule has 2 aromatic rings. The van der Waals surface area contributed by atoms with E-state index in [1.807, 2.05) is 0 Å². The molecule has 0 aliphatic carbocycles. The van der Waals surface area contributed by atoms with Crippen LogP contribution in [0.3, 0.4) is 0 Å². The van der Waals surface area contributed by atoms with Gasteiger partial charge < -0.3 is 10.2 Å². The molecule has 0 aromatic heterocycles. The van der Waals surface area contributed by atoms with Crippen LogP contribution < -0.4 is 0 Å². The Hall–Kier alpha value is -2.48. The Morgan fingerprint density at radius 3 is 2.48 bits per heavy atom. The molecule has 0 unspecified atom stereocenters. The topological polar surface area (TPSA) is 94.9 Å². The minimum Gasteiger partial charge on any atom is -0.504 e. The van der Waals surface area contributed by atoms with Crippen LogP contribution in [0.2, 0.25) is 10.0 Å². The van der Waals surface area contributed by atoms with Gasteiger partial charge in [-0.15, -0.1) is 0 Å². The van der Waals surface area contributed by atoms with E-state index in [1.54, 1.807) is 0 Å². The smallest absolute Gasteiger partial charge is 0.293 e. The van der Waals surface area contributed by atoms with E-state index < -0.39 is 23.5 Å². The number of aromatic hydroxyl groups is 2. The van der Waals surface area contributed by atoms with E-state index in [-0.39, 0.29) is 27.0 Å². The van der Waals surface area contributed by atoms with Gasteiger partial charge in [-0.05, 0) is 53.7 Å². The van der Waals surface area contributed by atoms with Crippen molar-refractivity contribution < 1.29 is 24.6 Å². The maximum absolute atomic E-state index is 12.5. The molecule has 9 heteroatoms. The minimum absolute atomic E-state index is 0.0973. The van der Waals surface area contributed by atoms with Gasteiger partial charge >= 0.3 is 0 Å². The molecule has 0 bridgehead atoms. The normalized spacial score (nSPS) is 15.6. The highest BCUT2D eigenvalue weighted by atomic mass is 35.5. The molecule has 0 spiro atoms. The van der Waals surface area contributed by atoms with Gasteiger partial charge in [0.2, 0.25) is 0 Å². The van der Waals surface area contributed by atoms with Crippen molar-refractivity contribution in [3.8, 4) is 11.5 Å². The molecular weight excluding hydrogens is 413 g/mol. The number of ketones is 1. The van der Waals surface area contributed by atoms with Crippen LogP contribution in [0.1, 0.15) is 15.9 Å². The maximum atomic E-state index is 12.5. The number of halogens is 2. The maximum Gasteiger partial charge on any atom is 0.293 e. The van der Waals surface area contributed by atoms with E-state index in [0.29, 0.717) is 22.3 Å². The van der Waals surface area contributed by atoms with Crippen molar-refractivity contribution in [2.24, 2.45) is 0 Å². The second kappa shape index (κ2) is 7.64. The molecule has 1 aliphatic rings. The molecule has 2 N–H and O–H groups in total. The highest BCUT2D eigenvalue weighted by molar-refractivity contribution is 8.18. The number of Topliss-reactive ketones (excluding diaryl/α,β-unsaturated/α-hetero) is 1. The second-order valence-electron chi connectivity index (χ2n) is 5.56. The highest BCUT2D eigenvalue weighted by Gasteiger charge is 2.36. The number of hydrogen-bond donors (Lipinski definition) is 2. The Morgan fingerprint density at radius 2 is 1.81 bits per heavy atom. The van der Waals surface area contributed by atoms with Gasteiger partial charge in [-0.2, -0.15) is 0 Å². The van der Waals surface area contributed by atoms with Crippen LogP contribution in [-0.2, 0) is 4.79 Å². The third kappa shape index (κ3) is 4.10. The van der Waals surface area contributed by atoms with Gasteiger partial charge in [0, 0.05) is 10.6 Å². The summed E-state index contributed by atoms with van der Waals surface area (Å²) >= 11 is 12.5. The van der Waals surface area contributed by atoms with E-state index in [2.05, 4.69) is 0 Å². The average molecular weight is 424 g/mol. The van der Waals surface area contributed by atoms with Crippen LogP contribution in [0, 0.1) is 0 Å². The van der Waals surface area contributed by atoms with Crippen LogP contribution in [0.4, 0.5) is 4.79 Å². The fourth-order valence-corrected chi connectivity index (χ4v) is 3.71. The third-order valence-electron chi connectivity index (χ3n) is 3.70. The first-order chi connectivity index (χ1) is 12.8. The standard InChI is InChI=1S/C18H11Cl2NO5S/c19-10-2-3-11(12(20)7-10)15(24)8-21-17(25)16(27-18(21)26)6-9-1-4-13(22)14(23)5-9/h1-7,22-23H,8H2/b16-6-. The number of carbonyl (C=O) groups is 3. The monoisotopic (exact) mass is 423 g/mol. The lowest BCUT2D eigenvalue weighted by Crippen LogP contribution is -2.33. The number of rotatable bonds is 4. The summed E-state index contributed by atoms with van der Waals surface area (Å²) in [5.74, 6) is -1.78. The van der Waals surface area contributed by atoms with Crippen LogP contribution in [0.5, 0.6) is 11.5 Å². The molecule has 2 aromatic carbocycles. The summed E-state index contributed by atoms with van der Waals surface area (Å²) in [4.78, 5) is 37.9. The van der Waals surface area contributed by atoms with E-state index in [4.69, 9.17) is 23.2 Å². The highest BCUT2D eigenvalue weighted by Crippen LogP contribution is 2.34. The zero-order valence-corrected chi connectivity index (χ0v) is 15.8. The molecular formula is C18H11Cl2NO5S. The van der Waals surface area contributed by atoms with E-state index in [9.17, 15) is 24.6 Å². The van der Waals surface area contributed by atoms with Gasteiger partial charge in [0.25, 0.3) is 11.1 Å². The average Bonchev–Trinajstić information content (AvgIpc) is 2.85. The van der Waals surface area contributed by atoms with Crippen LogP contribution in [0.25, 0.3) is 6.08 Å². The molecule has 0 radical (unpaired) electrons. The van der Waals surface area contributed by atoms with Crippen molar-refractivity contribution in [2.75, 3.05) is 6.54 Å². The molecule has 2 amide bonds. The number of phenolic OH excluding ortho intramolecular Hbond substituents is 2. The van der Waals surface area contributed by atoms with Crippen molar-refractivity contribution in [3.63, 3.8) is 0 Å². The van der Waals surface area contributed by atoms with E-state index in [0.717, 1.165) is 4.90 Å². The molecule has 1 saturated heterocycles. The number of hydrogen-bond acceptors (Lipinski definition) is 6. The van der Waals surface area contributed by atoms with Crippen molar-refractivity contribution in [1.82, 2.24) is 4.90 Å². The Bertz CT molecular complexity index is 1010. The van der Waals surface area contributed by atoms with E-state index in [1.165, 1.54) is 42.5 Å². The summed E-state index contributed by atoms with van der Waals surface area (Å²) < 4.78 is 0. The molecule has 0 saturated carbocycles. The Labute approximate surface area is 168 Å². The molecule has 1 aliphatic heterocycles. The lowest BCUT2D eigenvalue weighted by Gasteiger charge is -2.12. The Morgan fingerprint density at radius 1 is 1.07 bits per heavy atom. The first-order valence-electron chi connectivity index (χ1n) is 7.52. The number of amides is 2. The zero-order valence-electron chi connectivity index (χ0n) is 13.5. The molecule has 1 fully saturated rings. The minimum atomic E-state index is -0.629. The van der Waals surface area contributed by atoms with Gasteiger partial charge in [0.15, 0.2) is 17.3 Å². The van der Waals surface area contributed by atoms with Crippen LogP contribution >= 0.6 is 35.0 Å². The Kier molecular flexibility index (Phi) is 5.46. The van der Waals surface area contributed by atoms with Crippen molar-refractivity contribution in [2.45, 2.75) is 0 Å². The summed E-state index contributed by atoms with van der Waals surface area (Å²) in [6.45, 7) is -0.454. The summed E-state index contributed by atoms with van der Waals surface area (Å²) in [7, 11) is 0. The lowest BCUT2D eigenvalue weighted by molar-refractivity contribution is -0.122. The summed E-state index contributed by atoms with van der Waals surface area (Å²) in [6, 6.07) is 8.31. The number of imide groups is 1. The molecule has 3 rings (SSSR count). The van der Waals surface area contributed by atoms with Crippen LogP contribution in [-0.4, -0.2) is 38.6 Å². The first kappa shape index (κ1) is 19.3. The van der Waals surface area contributed by atoms with Gasteiger partial charge in [-0.3, -0.25) is 19.3 Å². The summed E-state index contributed by atoms with van der Waals surface area (Å²) in [6.07, 6.45) is 1.39. The number of benzene rings is 2. The number of carbonyl (C=O) groups excluding carboxylic acids is 3. The zero-order chi connectivity index (χ0) is 19.7. The summed E-state index contributed by atoms with van der Waals surface area (Å²) in [5, 5.41) is 18.8. The summed E-state index contributed by atoms with van der Waals surface area (Å²) in [5.41, 5.74) is 0.579. The van der Waals surface area contributed by atoms with Crippen LogP contribution in [0.15, 0.2) is 41.3 Å². The molecule has 0 atom stereocenters. The third-order valence-corrected chi connectivity index (χ3v) is 5.16. The Balaban J connectivity index is 1.80. The fraction of sp³-hybridized carbons (Fsp3) is 0.0556. The number of nitrogens with zero attached hydrogens (tertiary/aromatic N) is 1. The SMILES string of the molecule is O=C(CN1C(=O)S/C(=C\c2ccc(O)c(O)c2)C1=O)c1ccc(Cl)cc1Cl. The fourth-order valence-electron chi connectivity index (χ4n) is 2.36. The predicted octanol–water partition coefficient (Wildman–Crippen LogP) is 4.32. The van der Waals surface area contributed by atoms with Crippen molar-refractivity contribution in [3.05, 3.63) is 62.5 Å². The van der Waals surface area contributed by atoms with Gasteiger partial charge in [-0.1, -0.05) is 29.3 Å². The van der Waals surface area contributed by atoms with E-state index >= 15 is 0 Å². The van der Waals surface area contributed by atoms with Gasteiger partial charge in [-0.25, -0.2) is 0 Å². The number of phenols is 2. The second-order valence-corrected chi connectivity index (χ2v) is 7.40. The predicted molar refractivity (Wildman–Crippen MR) is 103 cm³/mol.